The molecule has 0 aliphatic carbocycles. The molecule has 0 fully saturated rings. The number of nitriles is 1. The lowest BCUT2D eigenvalue weighted by Gasteiger charge is -2.14. The van der Waals surface area contributed by atoms with Crippen LogP contribution in [0, 0.1) is 17.9 Å². The third kappa shape index (κ3) is 7.93. The molecule has 2 aromatic carbocycles. The fraction of sp³-hybridized carbons (Fsp3) is 0.125. The predicted molar refractivity (Wildman–Crippen MR) is 133 cm³/mol. The van der Waals surface area contributed by atoms with Gasteiger partial charge >= 0.3 is 12.1 Å². The SMILES string of the molecule is [C-]#[N+]c1ccc(NC(=O)Nc2cc(Cl)ccc2OCCCNC(=O)Nc2ccc(C#N)cc2)nc1. The van der Waals surface area contributed by atoms with Gasteiger partial charge in [0.1, 0.15) is 11.6 Å². The Bertz CT molecular complexity index is 1270. The lowest BCUT2D eigenvalue weighted by Crippen LogP contribution is -2.30. The van der Waals surface area contributed by atoms with Gasteiger partial charge in [0, 0.05) is 23.5 Å². The predicted octanol–water partition coefficient (Wildman–Crippen LogP) is 5.39. The summed E-state index contributed by atoms with van der Waals surface area (Å²) in [6.07, 6.45) is 1.86. The molecule has 4 N–H and O–H groups in total. The first kappa shape index (κ1) is 24.8. The smallest absolute Gasteiger partial charge is 0.324 e. The maximum absolute atomic E-state index is 12.3. The van der Waals surface area contributed by atoms with Gasteiger partial charge in [-0.1, -0.05) is 17.7 Å². The van der Waals surface area contributed by atoms with E-state index in [1.54, 1.807) is 48.5 Å². The van der Waals surface area contributed by atoms with Crippen LogP contribution in [-0.4, -0.2) is 30.2 Å². The van der Waals surface area contributed by atoms with Crippen molar-refractivity contribution in [3.63, 3.8) is 0 Å². The van der Waals surface area contributed by atoms with Crippen LogP contribution in [0.4, 0.5) is 32.5 Å². The van der Waals surface area contributed by atoms with Gasteiger partial charge < -0.3 is 20.7 Å². The summed E-state index contributed by atoms with van der Waals surface area (Å²) in [7, 11) is 0. The number of carbonyl (C=O) groups excluding carboxylic acids is 2. The van der Waals surface area contributed by atoms with E-state index in [1.807, 2.05) is 6.07 Å². The van der Waals surface area contributed by atoms with Crippen molar-refractivity contribution in [3.05, 3.63) is 82.8 Å². The average molecular weight is 490 g/mol. The molecule has 0 bridgehead atoms. The van der Waals surface area contributed by atoms with Crippen molar-refractivity contribution in [1.82, 2.24) is 10.3 Å². The van der Waals surface area contributed by atoms with E-state index in [0.717, 1.165) is 0 Å². The topological polar surface area (TPSA) is 133 Å². The highest BCUT2D eigenvalue weighted by Gasteiger charge is 2.10. The quantitative estimate of drug-likeness (QED) is 0.248. The van der Waals surface area contributed by atoms with E-state index in [9.17, 15) is 9.59 Å². The van der Waals surface area contributed by atoms with Crippen molar-refractivity contribution in [2.24, 2.45) is 0 Å². The van der Waals surface area contributed by atoms with Crippen LogP contribution in [0.3, 0.4) is 0 Å². The number of amides is 4. The zero-order valence-electron chi connectivity index (χ0n) is 18.3. The Kier molecular flexibility index (Phi) is 8.83. The molecule has 3 aromatic rings. The highest BCUT2D eigenvalue weighted by molar-refractivity contribution is 6.31. The van der Waals surface area contributed by atoms with Gasteiger partial charge in [-0.05, 0) is 55.0 Å². The molecule has 0 unspecified atom stereocenters. The molecule has 176 valence electrons. The van der Waals surface area contributed by atoms with Gasteiger partial charge in [0.25, 0.3) is 0 Å². The Hall–Kier alpha value is -4.80. The number of hydrogen-bond acceptors (Lipinski definition) is 5. The number of anilines is 3. The highest BCUT2D eigenvalue weighted by atomic mass is 35.5. The van der Waals surface area contributed by atoms with E-state index in [4.69, 9.17) is 28.2 Å². The number of aromatic nitrogens is 1. The zero-order chi connectivity index (χ0) is 25.0. The highest BCUT2D eigenvalue weighted by Crippen LogP contribution is 2.28. The first-order valence-corrected chi connectivity index (χ1v) is 10.7. The Balaban J connectivity index is 1.45. The second-order valence-electron chi connectivity index (χ2n) is 7.01. The molecule has 0 radical (unpaired) electrons. The summed E-state index contributed by atoms with van der Waals surface area (Å²) < 4.78 is 5.75. The van der Waals surface area contributed by atoms with Crippen LogP contribution in [0.15, 0.2) is 60.8 Å². The summed E-state index contributed by atoms with van der Waals surface area (Å²) in [6, 6.07) is 15.5. The van der Waals surface area contributed by atoms with E-state index < -0.39 is 6.03 Å². The summed E-state index contributed by atoms with van der Waals surface area (Å²) in [5.41, 5.74) is 1.81. The number of ether oxygens (including phenoxy) is 1. The normalized spacial score (nSPS) is 9.80. The number of benzene rings is 2. The molecule has 0 atom stereocenters. The lowest BCUT2D eigenvalue weighted by molar-refractivity contribution is 0.250. The molecule has 0 spiro atoms. The molecule has 0 aliphatic heterocycles. The number of urea groups is 2. The molecule has 35 heavy (non-hydrogen) atoms. The van der Waals surface area contributed by atoms with Crippen molar-refractivity contribution in [1.29, 1.82) is 5.26 Å². The third-order valence-electron chi connectivity index (χ3n) is 4.44. The van der Waals surface area contributed by atoms with Gasteiger partial charge in [0.15, 0.2) is 0 Å². The number of nitrogens with zero attached hydrogens (tertiary/aromatic N) is 3. The van der Waals surface area contributed by atoms with Gasteiger partial charge in [-0.15, -0.1) is 0 Å². The summed E-state index contributed by atoms with van der Waals surface area (Å²) in [5, 5.41) is 19.8. The molecule has 3 rings (SSSR count). The molecule has 1 heterocycles. The maximum atomic E-state index is 12.3. The van der Waals surface area contributed by atoms with Crippen molar-refractivity contribution in [2.45, 2.75) is 6.42 Å². The van der Waals surface area contributed by atoms with Gasteiger partial charge in [0.05, 0.1) is 30.5 Å². The van der Waals surface area contributed by atoms with E-state index in [0.29, 0.717) is 46.4 Å². The fourth-order valence-corrected chi connectivity index (χ4v) is 2.95. The average Bonchev–Trinajstić information content (AvgIpc) is 2.86. The van der Waals surface area contributed by atoms with Gasteiger partial charge in [-0.3, -0.25) is 10.3 Å². The summed E-state index contributed by atoms with van der Waals surface area (Å²) in [5.74, 6) is 0.688. The first-order valence-electron chi connectivity index (χ1n) is 10.4. The molecule has 4 amide bonds. The van der Waals surface area contributed by atoms with Gasteiger partial charge in [0.2, 0.25) is 5.69 Å². The second kappa shape index (κ2) is 12.4. The molecular formula is C24H20ClN7O3. The third-order valence-corrected chi connectivity index (χ3v) is 4.68. The van der Waals surface area contributed by atoms with Crippen molar-refractivity contribution < 1.29 is 14.3 Å². The van der Waals surface area contributed by atoms with Crippen LogP contribution in [0.1, 0.15) is 12.0 Å². The van der Waals surface area contributed by atoms with Crippen molar-refractivity contribution in [2.75, 3.05) is 29.1 Å². The standard InChI is InChI=1S/C24H20ClN7O3/c1-27-19-8-10-22(29-15-19)32-24(34)31-20-13-17(25)5-9-21(20)35-12-2-11-28-23(33)30-18-6-3-16(14-26)4-7-18/h3-10,13,15H,2,11-12H2,(H2,28,30,33)(H2,29,31,32,34). The molecule has 1 aromatic heterocycles. The van der Waals surface area contributed by atoms with Gasteiger partial charge in [-0.25, -0.2) is 14.4 Å². The minimum absolute atomic E-state index is 0.273. The molecule has 11 heteroatoms. The molecule has 0 aliphatic rings. The van der Waals surface area contributed by atoms with E-state index in [1.165, 1.54) is 12.3 Å². The molecule has 0 saturated heterocycles. The zero-order valence-corrected chi connectivity index (χ0v) is 19.1. The van der Waals surface area contributed by atoms with Crippen LogP contribution >= 0.6 is 11.6 Å². The van der Waals surface area contributed by atoms with Crippen LogP contribution in [0.5, 0.6) is 5.75 Å². The number of nitrogens with one attached hydrogen (secondary N) is 4. The monoisotopic (exact) mass is 489 g/mol. The Morgan fingerprint density at radius 3 is 2.54 bits per heavy atom. The van der Waals surface area contributed by atoms with Crippen LogP contribution in [0.2, 0.25) is 5.02 Å². The van der Waals surface area contributed by atoms with Crippen molar-refractivity contribution in [3.8, 4) is 11.8 Å². The van der Waals surface area contributed by atoms with E-state index in [2.05, 4.69) is 31.1 Å². The van der Waals surface area contributed by atoms with Crippen LogP contribution in [0.25, 0.3) is 4.85 Å². The molecule has 0 saturated carbocycles. The number of rotatable bonds is 8. The van der Waals surface area contributed by atoms with E-state index >= 15 is 0 Å². The summed E-state index contributed by atoms with van der Waals surface area (Å²) in [4.78, 5) is 31.6. The molecular weight excluding hydrogens is 470 g/mol. The lowest BCUT2D eigenvalue weighted by atomic mass is 10.2. The Labute approximate surface area is 206 Å². The maximum Gasteiger partial charge on any atom is 0.324 e. The number of carbonyl (C=O) groups is 2. The second-order valence-corrected chi connectivity index (χ2v) is 7.44. The number of pyridine rings is 1. The van der Waals surface area contributed by atoms with Gasteiger partial charge in [-0.2, -0.15) is 5.26 Å². The van der Waals surface area contributed by atoms with E-state index in [-0.39, 0.29) is 18.5 Å². The largest absolute Gasteiger partial charge is 0.491 e. The minimum atomic E-state index is -0.554. The minimum Gasteiger partial charge on any atom is -0.491 e. The number of halogens is 1. The summed E-state index contributed by atoms with van der Waals surface area (Å²) in [6.45, 7) is 7.56. The number of hydrogen-bond donors (Lipinski definition) is 4. The van der Waals surface area contributed by atoms with Crippen LogP contribution in [-0.2, 0) is 0 Å². The Morgan fingerprint density at radius 2 is 1.86 bits per heavy atom. The first-order chi connectivity index (χ1) is 17.0. The van der Waals surface area contributed by atoms with Crippen molar-refractivity contribution >= 4 is 46.5 Å². The van der Waals surface area contributed by atoms with Crippen LogP contribution < -0.4 is 26.0 Å². The summed E-state index contributed by atoms with van der Waals surface area (Å²) >= 11 is 6.06. The molecule has 10 nitrogen and oxygen atoms in total. The fourth-order valence-electron chi connectivity index (χ4n) is 2.78. The Morgan fingerprint density at radius 1 is 1.06 bits per heavy atom.